The third-order valence-electron chi connectivity index (χ3n) is 1.90. The molecule has 0 aliphatic carbocycles. The molecule has 0 bridgehead atoms. The first-order valence-corrected chi connectivity index (χ1v) is 4.62. The van der Waals surface area contributed by atoms with Gasteiger partial charge in [0.1, 0.15) is 0 Å². The lowest BCUT2D eigenvalue weighted by Crippen LogP contribution is -2.20. The Labute approximate surface area is 84.9 Å². The van der Waals surface area contributed by atoms with E-state index in [0.29, 0.717) is 6.42 Å². The van der Waals surface area contributed by atoms with Crippen LogP contribution in [0.3, 0.4) is 0 Å². The van der Waals surface area contributed by atoms with Gasteiger partial charge >= 0.3 is 0 Å². The van der Waals surface area contributed by atoms with Crippen molar-refractivity contribution in [2.45, 2.75) is 6.42 Å². The lowest BCUT2D eigenvalue weighted by molar-refractivity contribution is -0.127. The average molecular weight is 189 g/mol. The molecule has 74 valence electrons. The molecule has 2 heteroatoms. The van der Waals surface area contributed by atoms with Gasteiger partial charge in [0.05, 0.1) is 0 Å². The van der Waals surface area contributed by atoms with Crippen LogP contribution < -0.4 is 0 Å². The van der Waals surface area contributed by atoms with Crippen LogP contribution in [0.4, 0.5) is 0 Å². The average Bonchev–Trinajstić information content (AvgIpc) is 2.19. The minimum atomic E-state index is 0.122. The second-order valence-electron chi connectivity index (χ2n) is 3.31. The maximum absolute atomic E-state index is 11.2. The number of carbonyl (C=O) groups excluding carboxylic acids is 1. The quantitative estimate of drug-likeness (QED) is 0.713. The van der Waals surface area contributed by atoms with Crippen LogP contribution in [-0.4, -0.2) is 24.9 Å². The third kappa shape index (κ3) is 3.44. The molecular formula is C12H15NO. The summed E-state index contributed by atoms with van der Waals surface area (Å²) in [4.78, 5) is 12.8. The molecule has 14 heavy (non-hydrogen) atoms. The van der Waals surface area contributed by atoms with Gasteiger partial charge in [-0.25, -0.2) is 0 Å². The summed E-state index contributed by atoms with van der Waals surface area (Å²) in [6.07, 6.45) is 4.31. The van der Waals surface area contributed by atoms with E-state index in [1.807, 2.05) is 42.5 Å². The van der Waals surface area contributed by atoms with Crippen LogP contribution in [-0.2, 0) is 4.79 Å². The second-order valence-corrected chi connectivity index (χ2v) is 3.31. The summed E-state index contributed by atoms with van der Waals surface area (Å²) in [5.41, 5.74) is 1.12. The number of hydrogen-bond donors (Lipinski definition) is 0. The summed E-state index contributed by atoms with van der Waals surface area (Å²) in [5, 5.41) is 0. The summed E-state index contributed by atoms with van der Waals surface area (Å²) in [6, 6.07) is 9.95. The molecule has 0 radical (unpaired) electrons. The molecule has 0 spiro atoms. The maximum atomic E-state index is 11.2. The number of carbonyl (C=O) groups is 1. The van der Waals surface area contributed by atoms with Crippen LogP contribution in [0.5, 0.6) is 0 Å². The van der Waals surface area contributed by atoms with Crippen LogP contribution in [0.25, 0.3) is 6.08 Å². The molecule has 1 aromatic rings. The van der Waals surface area contributed by atoms with Crippen LogP contribution in [0.2, 0.25) is 0 Å². The number of hydrogen-bond acceptors (Lipinski definition) is 1. The normalized spacial score (nSPS) is 10.4. The predicted molar refractivity (Wildman–Crippen MR) is 58.8 cm³/mol. The molecule has 1 aromatic carbocycles. The van der Waals surface area contributed by atoms with Gasteiger partial charge in [0, 0.05) is 20.5 Å². The van der Waals surface area contributed by atoms with Gasteiger partial charge in [-0.2, -0.15) is 0 Å². The summed E-state index contributed by atoms with van der Waals surface area (Å²) < 4.78 is 0. The van der Waals surface area contributed by atoms with E-state index in [2.05, 4.69) is 0 Å². The molecule has 0 aliphatic heterocycles. The molecule has 0 fully saturated rings. The van der Waals surface area contributed by atoms with Crippen LogP contribution in [0, 0.1) is 0 Å². The monoisotopic (exact) mass is 189 g/mol. The van der Waals surface area contributed by atoms with Crippen LogP contribution >= 0.6 is 0 Å². The topological polar surface area (TPSA) is 20.3 Å². The van der Waals surface area contributed by atoms with Crippen molar-refractivity contribution in [1.82, 2.24) is 4.90 Å². The molecule has 0 atom stereocenters. The minimum absolute atomic E-state index is 0.122. The molecule has 0 aromatic heterocycles. The van der Waals surface area contributed by atoms with Crippen molar-refractivity contribution in [3.63, 3.8) is 0 Å². The lowest BCUT2D eigenvalue weighted by Gasteiger charge is -2.06. The van der Waals surface area contributed by atoms with E-state index in [0.717, 1.165) is 5.56 Å². The van der Waals surface area contributed by atoms with E-state index in [1.54, 1.807) is 19.0 Å². The molecule has 0 heterocycles. The van der Waals surface area contributed by atoms with E-state index >= 15 is 0 Å². The third-order valence-corrected chi connectivity index (χ3v) is 1.90. The zero-order valence-corrected chi connectivity index (χ0v) is 8.60. The highest BCUT2D eigenvalue weighted by Crippen LogP contribution is 2.02. The summed E-state index contributed by atoms with van der Waals surface area (Å²) in [7, 11) is 3.53. The van der Waals surface area contributed by atoms with Crippen LogP contribution in [0.1, 0.15) is 12.0 Å². The number of nitrogens with zero attached hydrogens (tertiary/aromatic N) is 1. The molecule has 0 saturated heterocycles. The molecule has 1 amide bonds. The number of rotatable bonds is 3. The minimum Gasteiger partial charge on any atom is -0.349 e. The van der Waals surface area contributed by atoms with Gasteiger partial charge in [0.25, 0.3) is 0 Å². The summed E-state index contributed by atoms with van der Waals surface area (Å²) >= 11 is 0. The van der Waals surface area contributed by atoms with Gasteiger partial charge in [-0.15, -0.1) is 0 Å². The van der Waals surface area contributed by atoms with E-state index in [-0.39, 0.29) is 5.91 Å². The molecule has 0 saturated carbocycles. The van der Waals surface area contributed by atoms with Gasteiger partial charge in [0.2, 0.25) is 5.91 Å². The number of benzene rings is 1. The fourth-order valence-electron chi connectivity index (χ4n) is 1.04. The van der Waals surface area contributed by atoms with Gasteiger partial charge < -0.3 is 4.90 Å². The molecule has 1 rings (SSSR count). The van der Waals surface area contributed by atoms with Crippen molar-refractivity contribution in [3.8, 4) is 0 Å². The van der Waals surface area contributed by atoms with Crippen molar-refractivity contribution < 1.29 is 4.79 Å². The van der Waals surface area contributed by atoms with Crippen molar-refractivity contribution in [2.24, 2.45) is 0 Å². The number of amides is 1. The second kappa shape index (κ2) is 5.22. The molecular weight excluding hydrogens is 174 g/mol. The first-order valence-electron chi connectivity index (χ1n) is 4.62. The van der Waals surface area contributed by atoms with Crippen LogP contribution in [0.15, 0.2) is 36.4 Å². The standard InChI is InChI=1S/C12H15NO/c1-13(2)12(14)10-6-9-11-7-4-3-5-8-11/h3-9H,10H2,1-2H3. The Morgan fingerprint density at radius 2 is 1.93 bits per heavy atom. The van der Waals surface area contributed by atoms with Crippen molar-refractivity contribution in [1.29, 1.82) is 0 Å². The summed E-state index contributed by atoms with van der Waals surface area (Å²) in [5.74, 6) is 0.122. The lowest BCUT2D eigenvalue weighted by atomic mass is 10.2. The van der Waals surface area contributed by atoms with E-state index in [4.69, 9.17) is 0 Å². The highest BCUT2D eigenvalue weighted by atomic mass is 16.2. The maximum Gasteiger partial charge on any atom is 0.225 e. The van der Waals surface area contributed by atoms with Gasteiger partial charge in [-0.3, -0.25) is 4.79 Å². The highest BCUT2D eigenvalue weighted by molar-refractivity contribution is 5.78. The largest absolute Gasteiger partial charge is 0.349 e. The van der Waals surface area contributed by atoms with Crippen molar-refractivity contribution in [2.75, 3.05) is 14.1 Å². The molecule has 0 unspecified atom stereocenters. The van der Waals surface area contributed by atoms with Gasteiger partial charge in [0.15, 0.2) is 0 Å². The van der Waals surface area contributed by atoms with E-state index < -0.39 is 0 Å². The van der Waals surface area contributed by atoms with Crippen molar-refractivity contribution >= 4 is 12.0 Å². The smallest absolute Gasteiger partial charge is 0.225 e. The fraction of sp³-hybridized carbons (Fsp3) is 0.250. The Morgan fingerprint density at radius 3 is 2.50 bits per heavy atom. The Morgan fingerprint density at radius 1 is 1.29 bits per heavy atom. The first-order chi connectivity index (χ1) is 6.70. The SMILES string of the molecule is CN(C)C(=O)CC=Cc1ccccc1. The molecule has 0 N–H and O–H groups in total. The Kier molecular flexibility index (Phi) is 3.92. The van der Waals surface area contributed by atoms with E-state index in [9.17, 15) is 4.79 Å². The fourth-order valence-corrected chi connectivity index (χ4v) is 1.04. The molecule has 2 nitrogen and oxygen atoms in total. The van der Waals surface area contributed by atoms with E-state index in [1.165, 1.54) is 0 Å². The first kappa shape index (κ1) is 10.5. The Balaban J connectivity index is 2.46. The highest BCUT2D eigenvalue weighted by Gasteiger charge is 1.98. The van der Waals surface area contributed by atoms with Crippen molar-refractivity contribution in [3.05, 3.63) is 42.0 Å². The summed E-state index contributed by atoms with van der Waals surface area (Å²) in [6.45, 7) is 0. The predicted octanol–water partition coefficient (Wildman–Crippen LogP) is 2.18. The zero-order chi connectivity index (χ0) is 10.4. The molecule has 0 aliphatic rings. The van der Waals surface area contributed by atoms with Gasteiger partial charge in [-0.05, 0) is 5.56 Å². The zero-order valence-electron chi connectivity index (χ0n) is 8.60. The Bertz CT molecular complexity index is 314. The van der Waals surface area contributed by atoms with Gasteiger partial charge in [-0.1, -0.05) is 42.5 Å². The Hall–Kier alpha value is -1.57.